The Morgan fingerprint density at radius 3 is 2.75 bits per heavy atom. The molecule has 0 atom stereocenters. The van der Waals surface area contributed by atoms with Gasteiger partial charge in [-0.2, -0.15) is 0 Å². The maximum absolute atomic E-state index is 5.17. The van der Waals surface area contributed by atoms with Gasteiger partial charge in [0.05, 0.1) is 12.8 Å². The summed E-state index contributed by atoms with van der Waals surface area (Å²) in [6.45, 7) is 3.72. The van der Waals surface area contributed by atoms with E-state index >= 15 is 0 Å². The molecule has 0 bridgehead atoms. The molecule has 3 rings (SSSR count). The molecule has 2 heterocycles. The standard InChI is InChI=1S/C15H18N4O/c1-10-17-14-7-8-16-9-13(14)15(18-10)19-11-3-5-12(20-2)6-4-11/h3-6,16H,7-9H2,1-2H3,(H,17,18,19). The van der Waals surface area contributed by atoms with Crippen molar-refractivity contribution in [3.63, 3.8) is 0 Å². The smallest absolute Gasteiger partial charge is 0.138 e. The molecule has 0 fully saturated rings. The normalized spacial score (nSPS) is 13.7. The van der Waals surface area contributed by atoms with Crippen molar-refractivity contribution in [3.05, 3.63) is 41.3 Å². The van der Waals surface area contributed by atoms with E-state index in [9.17, 15) is 0 Å². The molecule has 1 aliphatic rings. The summed E-state index contributed by atoms with van der Waals surface area (Å²) >= 11 is 0. The van der Waals surface area contributed by atoms with E-state index in [1.165, 1.54) is 0 Å². The zero-order valence-corrected chi connectivity index (χ0v) is 11.7. The molecular formula is C15H18N4O. The molecule has 0 amide bonds. The molecule has 104 valence electrons. The maximum atomic E-state index is 5.17. The van der Waals surface area contributed by atoms with Gasteiger partial charge in [-0.05, 0) is 31.2 Å². The fourth-order valence-electron chi connectivity index (χ4n) is 2.38. The van der Waals surface area contributed by atoms with Crippen LogP contribution < -0.4 is 15.4 Å². The van der Waals surface area contributed by atoms with Gasteiger partial charge in [0, 0.05) is 30.8 Å². The van der Waals surface area contributed by atoms with Crippen LogP contribution >= 0.6 is 0 Å². The number of fused-ring (bicyclic) bond motifs is 1. The van der Waals surface area contributed by atoms with Gasteiger partial charge in [-0.15, -0.1) is 0 Å². The number of benzene rings is 1. The van der Waals surface area contributed by atoms with Crippen LogP contribution in [0, 0.1) is 6.92 Å². The Hall–Kier alpha value is -2.14. The van der Waals surface area contributed by atoms with Crippen molar-refractivity contribution < 1.29 is 4.74 Å². The van der Waals surface area contributed by atoms with Crippen molar-refractivity contribution in [3.8, 4) is 5.75 Å². The summed E-state index contributed by atoms with van der Waals surface area (Å²) in [5.74, 6) is 2.55. The van der Waals surface area contributed by atoms with Gasteiger partial charge in [0.15, 0.2) is 0 Å². The van der Waals surface area contributed by atoms with Gasteiger partial charge in [0.25, 0.3) is 0 Å². The first-order valence-electron chi connectivity index (χ1n) is 6.74. The molecule has 1 aromatic carbocycles. The zero-order chi connectivity index (χ0) is 13.9. The minimum atomic E-state index is 0.807. The third-order valence-electron chi connectivity index (χ3n) is 3.40. The lowest BCUT2D eigenvalue weighted by molar-refractivity contribution is 0.415. The average Bonchev–Trinajstić information content (AvgIpc) is 2.48. The minimum absolute atomic E-state index is 0.807. The van der Waals surface area contributed by atoms with Gasteiger partial charge in [-0.3, -0.25) is 0 Å². The molecule has 1 aromatic heterocycles. The van der Waals surface area contributed by atoms with Crippen molar-refractivity contribution in [1.29, 1.82) is 0 Å². The number of nitrogens with zero attached hydrogens (tertiary/aromatic N) is 2. The van der Waals surface area contributed by atoms with Crippen molar-refractivity contribution in [2.24, 2.45) is 0 Å². The van der Waals surface area contributed by atoms with Gasteiger partial charge >= 0.3 is 0 Å². The van der Waals surface area contributed by atoms with Crippen LogP contribution in [0.3, 0.4) is 0 Å². The molecule has 1 aliphatic heterocycles. The van der Waals surface area contributed by atoms with Gasteiger partial charge in [-0.1, -0.05) is 0 Å². The van der Waals surface area contributed by atoms with Gasteiger partial charge in [0.1, 0.15) is 17.4 Å². The number of hydrogen-bond donors (Lipinski definition) is 2. The third-order valence-corrected chi connectivity index (χ3v) is 3.40. The fraction of sp³-hybridized carbons (Fsp3) is 0.333. The second-order valence-electron chi connectivity index (χ2n) is 4.82. The number of hydrogen-bond acceptors (Lipinski definition) is 5. The molecule has 0 saturated carbocycles. The average molecular weight is 270 g/mol. The Kier molecular flexibility index (Phi) is 3.52. The van der Waals surface area contributed by atoms with Crippen LogP contribution in [-0.4, -0.2) is 23.6 Å². The molecular weight excluding hydrogens is 252 g/mol. The van der Waals surface area contributed by atoms with E-state index in [4.69, 9.17) is 4.74 Å². The van der Waals surface area contributed by atoms with Crippen LogP contribution in [0.1, 0.15) is 17.1 Å². The first kappa shape index (κ1) is 12.9. The lowest BCUT2D eigenvalue weighted by Gasteiger charge is -2.20. The number of nitrogens with one attached hydrogen (secondary N) is 2. The Morgan fingerprint density at radius 1 is 1.20 bits per heavy atom. The van der Waals surface area contributed by atoms with E-state index < -0.39 is 0 Å². The molecule has 20 heavy (non-hydrogen) atoms. The molecule has 5 nitrogen and oxygen atoms in total. The molecule has 2 aromatic rings. The summed E-state index contributed by atoms with van der Waals surface area (Å²) < 4.78 is 5.17. The predicted molar refractivity (Wildman–Crippen MR) is 78.5 cm³/mol. The first-order valence-corrected chi connectivity index (χ1v) is 6.74. The predicted octanol–water partition coefficient (Wildman–Crippen LogP) is 2.18. The van der Waals surface area contributed by atoms with Gasteiger partial charge < -0.3 is 15.4 Å². The van der Waals surface area contributed by atoms with Crippen molar-refractivity contribution in [2.75, 3.05) is 19.0 Å². The van der Waals surface area contributed by atoms with E-state index in [1.807, 2.05) is 31.2 Å². The summed E-state index contributed by atoms with van der Waals surface area (Å²) in [7, 11) is 1.66. The van der Waals surface area contributed by atoms with Crippen molar-refractivity contribution in [2.45, 2.75) is 19.9 Å². The van der Waals surface area contributed by atoms with Crippen molar-refractivity contribution >= 4 is 11.5 Å². The van der Waals surface area contributed by atoms with E-state index in [1.54, 1.807) is 7.11 Å². The quantitative estimate of drug-likeness (QED) is 0.895. The number of methoxy groups -OCH3 is 1. The highest BCUT2D eigenvalue weighted by Gasteiger charge is 2.16. The largest absolute Gasteiger partial charge is 0.497 e. The summed E-state index contributed by atoms with van der Waals surface area (Å²) in [4.78, 5) is 9.06. The molecule has 0 aliphatic carbocycles. The molecule has 0 radical (unpaired) electrons. The number of aromatic nitrogens is 2. The fourth-order valence-corrected chi connectivity index (χ4v) is 2.38. The highest BCUT2D eigenvalue weighted by molar-refractivity contribution is 5.61. The Morgan fingerprint density at radius 2 is 2.00 bits per heavy atom. The maximum Gasteiger partial charge on any atom is 0.138 e. The van der Waals surface area contributed by atoms with Crippen LogP contribution in [0.25, 0.3) is 0 Å². The summed E-state index contributed by atoms with van der Waals surface area (Å²) in [5.41, 5.74) is 3.31. The van der Waals surface area contributed by atoms with Crippen LogP contribution in [0.5, 0.6) is 5.75 Å². The summed E-state index contributed by atoms with van der Waals surface area (Å²) in [5, 5.41) is 6.74. The highest BCUT2D eigenvalue weighted by atomic mass is 16.5. The second-order valence-corrected chi connectivity index (χ2v) is 4.82. The molecule has 0 unspecified atom stereocenters. The lowest BCUT2D eigenvalue weighted by atomic mass is 10.1. The first-order chi connectivity index (χ1) is 9.76. The third kappa shape index (κ3) is 2.58. The SMILES string of the molecule is COc1ccc(Nc2nc(C)nc3c2CNCC3)cc1. The number of aryl methyl sites for hydroxylation is 1. The number of rotatable bonds is 3. The monoisotopic (exact) mass is 270 g/mol. The molecule has 0 spiro atoms. The van der Waals surface area contributed by atoms with Gasteiger partial charge in [0.2, 0.25) is 0 Å². The lowest BCUT2D eigenvalue weighted by Crippen LogP contribution is -2.26. The Bertz CT molecular complexity index is 610. The van der Waals surface area contributed by atoms with E-state index in [2.05, 4.69) is 20.6 Å². The highest BCUT2D eigenvalue weighted by Crippen LogP contribution is 2.24. The minimum Gasteiger partial charge on any atom is -0.497 e. The van der Waals surface area contributed by atoms with Crippen LogP contribution in [0.4, 0.5) is 11.5 Å². The summed E-state index contributed by atoms with van der Waals surface area (Å²) in [6.07, 6.45) is 0.954. The van der Waals surface area contributed by atoms with E-state index in [-0.39, 0.29) is 0 Å². The topological polar surface area (TPSA) is 59.1 Å². The van der Waals surface area contributed by atoms with Gasteiger partial charge in [-0.25, -0.2) is 9.97 Å². The van der Waals surface area contributed by atoms with Crippen molar-refractivity contribution in [1.82, 2.24) is 15.3 Å². The number of ether oxygens (including phenoxy) is 1. The number of anilines is 2. The van der Waals surface area contributed by atoms with Crippen LogP contribution in [-0.2, 0) is 13.0 Å². The molecule has 0 saturated heterocycles. The van der Waals surface area contributed by atoms with E-state index in [0.717, 1.165) is 53.8 Å². The second kappa shape index (κ2) is 5.46. The van der Waals surface area contributed by atoms with Crippen LogP contribution in [0.15, 0.2) is 24.3 Å². The Labute approximate surface area is 118 Å². The van der Waals surface area contributed by atoms with E-state index in [0.29, 0.717) is 0 Å². The molecule has 2 N–H and O–H groups in total. The Balaban J connectivity index is 1.91. The molecule has 5 heteroatoms. The zero-order valence-electron chi connectivity index (χ0n) is 11.7. The summed E-state index contributed by atoms with van der Waals surface area (Å²) in [6, 6.07) is 7.83. The van der Waals surface area contributed by atoms with Crippen LogP contribution in [0.2, 0.25) is 0 Å².